The van der Waals surface area contributed by atoms with Gasteiger partial charge in [0.2, 0.25) is 0 Å². The number of carbonyl (C=O) groups is 1. The normalized spacial score (nSPS) is 17.5. The number of carbonyl (C=O) groups excluding carboxylic acids is 1. The first-order valence-electron chi connectivity index (χ1n) is 7.71. The van der Waals surface area contributed by atoms with E-state index in [2.05, 4.69) is 5.32 Å². The van der Waals surface area contributed by atoms with Crippen LogP contribution < -0.4 is 15.1 Å². The smallest absolute Gasteiger partial charge is 0.276 e. The number of benzene rings is 2. The number of anilines is 2. The van der Waals surface area contributed by atoms with Gasteiger partial charge in [-0.1, -0.05) is 6.07 Å². The molecular weight excluding hydrogens is 308 g/mol. The number of aromatic hydroxyl groups is 1. The van der Waals surface area contributed by atoms with E-state index in [-0.39, 0.29) is 11.7 Å². The zero-order valence-electron chi connectivity index (χ0n) is 13.7. The fraction of sp³-hybridized carbons (Fsp3) is 0.278. The van der Waals surface area contributed by atoms with E-state index in [9.17, 15) is 9.90 Å². The summed E-state index contributed by atoms with van der Waals surface area (Å²) in [4.78, 5) is 18.2. The lowest BCUT2D eigenvalue weighted by Crippen LogP contribution is -2.52. The number of hydrogen-bond acceptors (Lipinski definition) is 5. The van der Waals surface area contributed by atoms with Crippen LogP contribution in [0.4, 0.5) is 11.4 Å². The highest BCUT2D eigenvalue weighted by Gasteiger charge is 2.44. The average molecular weight is 326 g/mol. The lowest BCUT2D eigenvalue weighted by Gasteiger charge is -2.36. The summed E-state index contributed by atoms with van der Waals surface area (Å²) in [5, 5.41) is 14.3. The summed E-state index contributed by atoms with van der Waals surface area (Å²) in [7, 11) is 1.56. The minimum atomic E-state index is -0.716. The second-order valence-corrected chi connectivity index (χ2v) is 6.50. The molecule has 0 saturated carbocycles. The molecule has 2 aliphatic heterocycles. The Hall–Kier alpha value is -2.73. The van der Waals surface area contributed by atoms with Crippen molar-refractivity contribution in [1.29, 1.82) is 0 Å². The summed E-state index contributed by atoms with van der Waals surface area (Å²) < 4.78 is 5.39. The van der Waals surface area contributed by atoms with E-state index in [1.165, 1.54) is 5.06 Å². The molecule has 0 aromatic heterocycles. The first kappa shape index (κ1) is 14.8. The van der Waals surface area contributed by atoms with Crippen molar-refractivity contribution >= 4 is 17.3 Å². The summed E-state index contributed by atoms with van der Waals surface area (Å²) >= 11 is 0. The van der Waals surface area contributed by atoms with E-state index in [0.29, 0.717) is 12.4 Å². The summed E-state index contributed by atoms with van der Waals surface area (Å²) in [6, 6.07) is 8.91. The Balaban J connectivity index is 1.91. The quantitative estimate of drug-likeness (QED) is 0.887. The van der Waals surface area contributed by atoms with Gasteiger partial charge in [0.05, 0.1) is 12.8 Å². The Labute approximate surface area is 139 Å². The van der Waals surface area contributed by atoms with E-state index in [0.717, 1.165) is 28.1 Å². The highest BCUT2D eigenvalue weighted by atomic mass is 16.7. The van der Waals surface area contributed by atoms with Crippen LogP contribution in [-0.4, -0.2) is 23.7 Å². The van der Waals surface area contributed by atoms with Crippen molar-refractivity contribution in [1.82, 2.24) is 0 Å². The third-order valence-corrected chi connectivity index (χ3v) is 4.47. The van der Waals surface area contributed by atoms with Crippen molar-refractivity contribution in [2.45, 2.75) is 26.0 Å². The second-order valence-electron chi connectivity index (χ2n) is 6.50. The highest BCUT2D eigenvalue weighted by Crippen LogP contribution is 2.48. The number of methoxy groups -OCH3 is 1. The van der Waals surface area contributed by atoms with E-state index >= 15 is 0 Å². The summed E-state index contributed by atoms with van der Waals surface area (Å²) in [5.41, 5.74) is 3.60. The number of hydroxylamine groups is 1. The third kappa shape index (κ3) is 1.96. The van der Waals surface area contributed by atoms with E-state index in [1.807, 2.05) is 26.0 Å². The van der Waals surface area contributed by atoms with Crippen LogP contribution in [0.5, 0.6) is 11.5 Å². The van der Waals surface area contributed by atoms with E-state index in [1.54, 1.807) is 25.3 Å². The Morgan fingerprint density at radius 3 is 2.75 bits per heavy atom. The predicted octanol–water partition coefficient (Wildman–Crippen LogP) is 3.05. The number of amides is 1. The van der Waals surface area contributed by atoms with Crippen molar-refractivity contribution in [3.63, 3.8) is 0 Å². The second kappa shape index (κ2) is 4.88. The summed E-state index contributed by atoms with van der Waals surface area (Å²) in [6.45, 7) is 3.97. The van der Waals surface area contributed by atoms with Gasteiger partial charge in [-0.05, 0) is 37.6 Å². The molecule has 6 heteroatoms. The Morgan fingerprint density at radius 1 is 1.25 bits per heavy atom. The number of nitrogens with one attached hydrogen (secondary N) is 1. The van der Waals surface area contributed by atoms with Gasteiger partial charge in [-0.2, -0.15) is 5.06 Å². The maximum atomic E-state index is 12.6. The first-order chi connectivity index (χ1) is 11.4. The molecule has 2 aromatic carbocycles. The van der Waals surface area contributed by atoms with Gasteiger partial charge in [-0.3, -0.25) is 9.63 Å². The molecule has 2 aliphatic rings. The molecule has 2 heterocycles. The number of phenols is 1. The highest BCUT2D eigenvalue weighted by molar-refractivity contribution is 6.08. The van der Waals surface area contributed by atoms with Crippen LogP contribution in [0.25, 0.3) is 11.1 Å². The molecule has 0 unspecified atom stereocenters. The molecule has 0 fully saturated rings. The van der Waals surface area contributed by atoms with Crippen molar-refractivity contribution < 1.29 is 19.5 Å². The van der Waals surface area contributed by atoms with Gasteiger partial charge >= 0.3 is 0 Å². The molecule has 2 aromatic rings. The Morgan fingerprint density at radius 2 is 2.00 bits per heavy atom. The molecular formula is C18H18N2O4. The van der Waals surface area contributed by atoms with Crippen molar-refractivity contribution in [2.24, 2.45) is 0 Å². The predicted molar refractivity (Wildman–Crippen MR) is 90.1 cm³/mol. The third-order valence-electron chi connectivity index (χ3n) is 4.47. The molecule has 0 spiro atoms. The van der Waals surface area contributed by atoms with Crippen molar-refractivity contribution in [3.8, 4) is 22.6 Å². The molecule has 0 atom stereocenters. The monoisotopic (exact) mass is 326 g/mol. The maximum absolute atomic E-state index is 12.6. The van der Waals surface area contributed by atoms with Crippen molar-refractivity contribution in [3.05, 3.63) is 35.9 Å². The Kier molecular flexibility index (Phi) is 3.02. The lowest BCUT2D eigenvalue weighted by atomic mass is 9.93. The van der Waals surface area contributed by atoms with Gasteiger partial charge in [0.25, 0.3) is 5.91 Å². The topological polar surface area (TPSA) is 71.0 Å². The minimum absolute atomic E-state index is 0.122. The zero-order valence-corrected chi connectivity index (χ0v) is 13.7. The van der Waals surface area contributed by atoms with Gasteiger partial charge in [0, 0.05) is 17.2 Å². The van der Waals surface area contributed by atoms with Crippen LogP contribution in [0.15, 0.2) is 30.3 Å². The van der Waals surface area contributed by atoms with E-state index < -0.39 is 5.54 Å². The zero-order chi connectivity index (χ0) is 17.1. The molecule has 0 radical (unpaired) electrons. The van der Waals surface area contributed by atoms with Crippen LogP contribution >= 0.6 is 0 Å². The number of hydrogen-bond donors (Lipinski definition) is 2. The standard InChI is InChI=1S/C18H18N2O4/c1-18(2)17(22)20-16-13(9-24-20)11(6-7-14(16)19-18)12-5-4-10(21)8-15(12)23-3/h4-8,19,21H,9H2,1-3H3. The number of ether oxygens (including phenoxy) is 1. The van der Waals surface area contributed by atoms with Gasteiger partial charge in [-0.15, -0.1) is 0 Å². The molecule has 0 saturated heterocycles. The molecule has 24 heavy (non-hydrogen) atoms. The molecule has 2 N–H and O–H groups in total. The van der Waals surface area contributed by atoms with Crippen LogP contribution in [0.1, 0.15) is 19.4 Å². The molecule has 0 bridgehead atoms. The Bertz CT molecular complexity index is 860. The van der Waals surface area contributed by atoms with E-state index in [4.69, 9.17) is 9.57 Å². The molecule has 4 rings (SSSR count). The van der Waals surface area contributed by atoms with Crippen LogP contribution in [0.3, 0.4) is 0 Å². The largest absolute Gasteiger partial charge is 0.508 e. The van der Waals surface area contributed by atoms with Gasteiger partial charge in [0.15, 0.2) is 0 Å². The van der Waals surface area contributed by atoms with Gasteiger partial charge in [0.1, 0.15) is 29.3 Å². The number of rotatable bonds is 2. The maximum Gasteiger partial charge on any atom is 0.276 e. The fourth-order valence-electron chi connectivity index (χ4n) is 3.27. The number of nitrogens with zero attached hydrogens (tertiary/aromatic N) is 1. The van der Waals surface area contributed by atoms with Gasteiger partial charge in [-0.25, -0.2) is 0 Å². The SMILES string of the molecule is COc1cc(O)ccc1-c1ccc2c3c1CON3C(=O)C(C)(C)N2. The molecule has 124 valence electrons. The number of phenolic OH excluding ortho intramolecular Hbond substituents is 1. The fourth-order valence-corrected chi connectivity index (χ4v) is 3.27. The minimum Gasteiger partial charge on any atom is -0.508 e. The lowest BCUT2D eigenvalue weighted by molar-refractivity contribution is -0.129. The van der Waals surface area contributed by atoms with Crippen molar-refractivity contribution in [2.75, 3.05) is 17.5 Å². The van der Waals surface area contributed by atoms with Crippen LogP contribution in [-0.2, 0) is 16.2 Å². The average Bonchev–Trinajstić information content (AvgIpc) is 2.99. The summed E-state index contributed by atoms with van der Waals surface area (Å²) in [5.74, 6) is 0.588. The molecule has 1 amide bonds. The van der Waals surface area contributed by atoms with Crippen LogP contribution in [0.2, 0.25) is 0 Å². The molecule has 6 nitrogen and oxygen atoms in total. The van der Waals surface area contributed by atoms with Gasteiger partial charge < -0.3 is 15.2 Å². The molecule has 0 aliphatic carbocycles. The van der Waals surface area contributed by atoms with Crippen LogP contribution in [0, 0.1) is 0 Å². The first-order valence-corrected chi connectivity index (χ1v) is 7.71. The summed E-state index contributed by atoms with van der Waals surface area (Å²) in [6.07, 6.45) is 0.